The quantitative estimate of drug-likeness (QED) is 0.811. The van der Waals surface area contributed by atoms with E-state index in [1.165, 1.54) is 0 Å². The van der Waals surface area contributed by atoms with Crippen LogP contribution in [-0.4, -0.2) is 28.4 Å². The number of aromatic nitrogens is 2. The van der Waals surface area contributed by atoms with Crippen LogP contribution in [0.1, 0.15) is 5.69 Å². The molecule has 0 aliphatic heterocycles. The third kappa shape index (κ3) is 2.62. The van der Waals surface area contributed by atoms with Gasteiger partial charge in [0, 0.05) is 12.7 Å². The molecule has 0 spiro atoms. The smallest absolute Gasteiger partial charge is 0.137 e. The summed E-state index contributed by atoms with van der Waals surface area (Å²) >= 11 is 5.92. The first kappa shape index (κ1) is 12.3. The number of hydrogen-bond acceptors (Lipinski definition) is 2. The number of pyridine rings is 1. The van der Waals surface area contributed by atoms with Crippen molar-refractivity contribution in [3.63, 3.8) is 0 Å². The number of hydrogen-bond donors (Lipinski definition) is 0. The van der Waals surface area contributed by atoms with Gasteiger partial charge in [-0.15, -0.1) is 12.4 Å². The predicted molar refractivity (Wildman–Crippen MR) is 64.8 cm³/mol. The fourth-order valence-electron chi connectivity index (χ4n) is 1.45. The number of imidazole rings is 1. The van der Waals surface area contributed by atoms with Crippen molar-refractivity contribution in [3.05, 3.63) is 35.2 Å². The lowest BCUT2D eigenvalue weighted by Gasteiger charge is -2.08. The molecule has 2 aromatic rings. The SMILES string of the molecule is CN(C)Cc1cnc2ccc(Cl)cn12.Cl. The van der Waals surface area contributed by atoms with Crippen molar-refractivity contribution < 1.29 is 0 Å². The van der Waals surface area contributed by atoms with Gasteiger partial charge < -0.3 is 9.30 Å². The molecule has 5 heteroatoms. The van der Waals surface area contributed by atoms with Gasteiger partial charge in [-0.05, 0) is 26.2 Å². The van der Waals surface area contributed by atoms with Crippen LogP contribution in [0.3, 0.4) is 0 Å². The van der Waals surface area contributed by atoms with Crippen LogP contribution in [0.15, 0.2) is 24.5 Å². The number of fused-ring (bicyclic) bond motifs is 1. The normalized spacial score (nSPS) is 10.7. The van der Waals surface area contributed by atoms with E-state index in [0.717, 1.165) is 22.9 Å². The Morgan fingerprint density at radius 3 is 2.80 bits per heavy atom. The molecule has 3 nitrogen and oxygen atoms in total. The van der Waals surface area contributed by atoms with E-state index in [1.54, 1.807) is 0 Å². The highest BCUT2D eigenvalue weighted by Crippen LogP contribution is 2.13. The maximum atomic E-state index is 5.92. The monoisotopic (exact) mass is 245 g/mol. The van der Waals surface area contributed by atoms with Crippen molar-refractivity contribution in [1.82, 2.24) is 14.3 Å². The van der Waals surface area contributed by atoms with Gasteiger partial charge in [0.2, 0.25) is 0 Å². The minimum absolute atomic E-state index is 0. The molecule has 0 saturated carbocycles. The molecule has 0 saturated heterocycles. The average molecular weight is 246 g/mol. The molecule has 0 aliphatic carbocycles. The lowest BCUT2D eigenvalue weighted by Crippen LogP contribution is -2.12. The van der Waals surface area contributed by atoms with E-state index in [9.17, 15) is 0 Å². The van der Waals surface area contributed by atoms with Crippen molar-refractivity contribution in [1.29, 1.82) is 0 Å². The van der Waals surface area contributed by atoms with Gasteiger partial charge in [0.1, 0.15) is 5.65 Å². The van der Waals surface area contributed by atoms with Crippen molar-refractivity contribution in [2.24, 2.45) is 0 Å². The zero-order chi connectivity index (χ0) is 10.1. The Balaban J connectivity index is 0.00000112. The largest absolute Gasteiger partial charge is 0.304 e. The van der Waals surface area contributed by atoms with Crippen LogP contribution in [0.5, 0.6) is 0 Å². The van der Waals surface area contributed by atoms with E-state index >= 15 is 0 Å². The summed E-state index contributed by atoms with van der Waals surface area (Å²) in [5.41, 5.74) is 2.08. The Hall–Kier alpha value is -0.770. The number of nitrogens with zero attached hydrogens (tertiary/aromatic N) is 3. The number of rotatable bonds is 2. The fourth-order valence-corrected chi connectivity index (χ4v) is 1.61. The third-order valence-electron chi connectivity index (χ3n) is 2.02. The Morgan fingerprint density at radius 1 is 1.40 bits per heavy atom. The number of halogens is 2. The third-order valence-corrected chi connectivity index (χ3v) is 2.25. The maximum absolute atomic E-state index is 5.92. The summed E-state index contributed by atoms with van der Waals surface area (Å²) in [4.78, 5) is 6.39. The van der Waals surface area contributed by atoms with Crippen molar-refractivity contribution >= 4 is 29.7 Å². The molecule has 15 heavy (non-hydrogen) atoms. The van der Waals surface area contributed by atoms with Crippen LogP contribution >= 0.6 is 24.0 Å². The molecule has 0 radical (unpaired) electrons. The molecule has 2 heterocycles. The first-order valence-electron chi connectivity index (χ1n) is 4.43. The van der Waals surface area contributed by atoms with Gasteiger partial charge in [-0.1, -0.05) is 11.6 Å². The summed E-state index contributed by atoms with van der Waals surface area (Å²) in [7, 11) is 4.06. The van der Waals surface area contributed by atoms with Gasteiger partial charge >= 0.3 is 0 Å². The molecule has 2 rings (SSSR count). The van der Waals surface area contributed by atoms with Crippen LogP contribution in [0.4, 0.5) is 0 Å². The van der Waals surface area contributed by atoms with Crippen molar-refractivity contribution in [2.45, 2.75) is 6.54 Å². The molecule has 82 valence electrons. The molecule has 0 amide bonds. The molecule has 0 fully saturated rings. The maximum Gasteiger partial charge on any atom is 0.137 e. The molecular formula is C10H13Cl2N3. The van der Waals surface area contributed by atoms with Crippen LogP contribution in [-0.2, 0) is 6.54 Å². The van der Waals surface area contributed by atoms with Crippen molar-refractivity contribution in [3.8, 4) is 0 Å². The van der Waals surface area contributed by atoms with Crippen LogP contribution < -0.4 is 0 Å². The van der Waals surface area contributed by atoms with E-state index < -0.39 is 0 Å². The van der Waals surface area contributed by atoms with Crippen LogP contribution in [0.2, 0.25) is 5.02 Å². The molecule has 0 aliphatic rings. The first-order valence-corrected chi connectivity index (χ1v) is 4.81. The molecular weight excluding hydrogens is 233 g/mol. The fraction of sp³-hybridized carbons (Fsp3) is 0.300. The standard InChI is InChI=1S/C10H12ClN3.ClH/c1-13(2)7-9-5-12-10-4-3-8(11)6-14(9)10;/h3-6H,7H2,1-2H3;1H. The van der Waals surface area contributed by atoms with E-state index in [1.807, 2.05) is 43.0 Å². The van der Waals surface area contributed by atoms with Gasteiger partial charge in [0.25, 0.3) is 0 Å². The van der Waals surface area contributed by atoms with Gasteiger partial charge in [0.15, 0.2) is 0 Å². The molecule has 0 unspecified atom stereocenters. The van der Waals surface area contributed by atoms with Gasteiger partial charge in [-0.25, -0.2) is 4.98 Å². The van der Waals surface area contributed by atoms with E-state index in [2.05, 4.69) is 9.88 Å². The molecule has 2 aromatic heterocycles. The van der Waals surface area contributed by atoms with Crippen molar-refractivity contribution in [2.75, 3.05) is 14.1 Å². The van der Waals surface area contributed by atoms with E-state index in [-0.39, 0.29) is 12.4 Å². The van der Waals surface area contributed by atoms with E-state index in [4.69, 9.17) is 11.6 Å². The van der Waals surface area contributed by atoms with Gasteiger partial charge in [-0.2, -0.15) is 0 Å². The highest BCUT2D eigenvalue weighted by Gasteiger charge is 2.03. The lowest BCUT2D eigenvalue weighted by molar-refractivity contribution is 0.395. The zero-order valence-electron chi connectivity index (χ0n) is 8.64. The zero-order valence-corrected chi connectivity index (χ0v) is 10.2. The molecule has 0 bridgehead atoms. The second-order valence-corrected chi connectivity index (χ2v) is 4.00. The molecule has 0 atom stereocenters. The summed E-state index contributed by atoms with van der Waals surface area (Å²) in [6.45, 7) is 0.863. The minimum Gasteiger partial charge on any atom is -0.304 e. The predicted octanol–water partition coefficient (Wildman–Crippen LogP) is 2.47. The second kappa shape index (κ2) is 4.84. The lowest BCUT2D eigenvalue weighted by atomic mass is 10.4. The summed E-state index contributed by atoms with van der Waals surface area (Å²) in [5.74, 6) is 0. The second-order valence-electron chi connectivity index (χ2n) is 3.56. The van der Waals surface area contributed by atoms with Gasteiger partial charge in [0.05, 0.1) is 16.9 Å². The highest BCUT2D eigenvalue weighted by molar-refractivity contribution is 6.30. The van der Waals surface area contributed by atoms with E-state index in [0.29, 0.717) is 0 Å². The Labute approximate surface area is 100 Å². The minimum atomic E-state index is 0. The summed E-state index contributed by atoms with van der Waals surface area (Å²) in [6, 6.07) is 3.77. The summed E-state index contributed by atoms with van der Waals surface area (Å²) in [6.07, 6.45) is 3.77. The van der Waals surface area contributed by atoms with Crippen LogP contribution in [0, 0.1) is 0 Å². The summed E-state index contributed by atoms with van der Waals surface area (Å²) in [5, 5.41) is 0.732. The summed E-state index contributed by atoms with van der Waals surface area (Å²) < 4.78 is 2.02. The first-order chi connectivity index (χ1) is 6.66. The highest BCUT2D eigenvalue weighted by atomic mass is 35.5. The average Bonchev–Trinajstić information content (AvgIpc) is 2.47. The van der Waals surface area contributed by atoms with Gasteiger partial charge in [-0.3, -0.25) is 0 Å². The Kier molecular flexibility index (Phi) is 3.97. The van der Waals surface area contributed by atoms with Crippen LogP contribution in [0.25, 0.3) is 5.65 Å². The topological polar surface area (TPSA) is 20.5 Å². The molecule has 0 aromatic carbocycles. The Morgan fingerprint density at radius 2 is 2.13 bits per heavy atom. The molecule has 0 N–H and O–H groups in total. The Bertz CT molecular complexity index is 451.